The van der Waals surface area contributed by atoms with Crippen LogP contribution in [0.3, 0.4) is 0 Å². The lowest BCUT2D eigenvalue weighted by molar-refractivity contribution is -0.143. The van der Waals surface area contributed by atoms with Crippen molar-refractivity contribution in [2.45, 2.75) is 51.1 Å². The van der Waals surface area contributed by atoms with Crippen LogP contribution in [0.1, 0.15) is 39.2 Å². The van der Waals surface area contributed by atoms with Crippen molar-refractivity contribution in [1.29, 1.82) is 0 Å². The van der Waals surface area contributed by atoms with E-state index in [9.17, 15) is 19.2 Å². The quantitative estimate of drug-likeness (QED) is 0.498. The summed E-state index contributed by atoms with van der Waals surface area (Å²) in [6.07, 6.45) is -0.760. The van der Waals surface area contributed by atoms with Gasteiger partial charge in [0.15, 0.2) is 1.41 Å². The highest BCUT2D eigenvalue weighted by Gasteiger charge is 2.32. The molecular formula is C18H23ClN2O6. The molecule has 8 nitrogen and oxygen atoms in total. The Hall–Kier alpha value is -2.61. The molecule has 0 saturated heterocycles. The van der Waals surface area contributed by atoms with Crippen LogP contribution < -0.4 is 10.6 Å². The lowest BCUT2D eigenvalue weighted by Gasteiger charge is -2.26. The SMILES string of the molecule is [2H]N(C(=O)C(C)(C)c1ccc(Cl)cc1)[C@@H](C)C(=O)N[C@@H](CCC(=O)O)C(=O)O. The number of carboxylic acid groups (broad SMARTS) is 2. The highest BCUT2D eigenvalue weighted by molar-refractivity contribution is 6.30. The first-order chi connectivity index (χ1) is 12.9. The van der Waals surface area contributed by atoms with Gasteiger partial charge in [-0.15, -0.1) is 0 Å². The van der Waals surface area contributed by atoms with E-state index in [1.165, 1.54) is 6.92 Å². The van der Waals surface area contributed by atoms with E-state index < -0.39 is 47.7 Å². The van der Waals surface area contributed by atoms with E-state index in [0.717, 1.165) is 0 Å². The Kier molecular flexibility index (Phi) is 7.18. The number of nitrogens with one attached hydrogen (secondary N) is 2. The van der Waals surface area contributed by atoms with Crippen LogP contribution in [0.5, 0.6) is 0 Å². The fourth-order valence-electron chi connectivity index (χ4n) is 2.20. The van der Waals surface area contributed by atoms with Crippen LogP contribution in [0.2, 0.25) is 6.43 Å². The van der Waals surface area contributed by atoms with Crippen LogP contribution in [0.4, 0.5) is 0 Å². The molecule has 0 aliphatic heterocycles. The summed E-state index contributed by atoms with van der Waals surface area (Å²) in [7, 11) is 0. The van der Waals surface area contributed by atoms with Crippen molar-refractivity contribution < 1.29 is 30.8 Å². The van der Waals surface area contributed by atoms with Crippen molar-refractivity contribution in [3.05, 3.63) is 34.9 Å². The Morgan fingerprint density at radius 2 is 1.74 bits per heavy atom. The molecule has 1 aromatic rings. The maximum Gasteiger partial charge on any atom is 0.326 e. The normalized spacial score (nSPS) is 13.9. The second kappa shape index (κ2) is 9.36. The van der Waals surface area contributed by atoms with Crippen molar-refractivity contribution in [2.75, 3.05) is 0 Å². The first kappa shape index (κ1) is 20.7. The molecule has 9 heteroatoms. The molecule has 1 rings (SSSR count). The van der Waals surface area contributed by atoms with E-state index in [1.807, 2.05) is 0 Å². The van der Waals surface area contributed by atoms with Gasteiger partial charge in [0.2, 0.25) is 11.8 Å². The average molecular weight is 400 g/mol. The van der Waals surface area contributed by atoms with Gasteiger partial charge in [0.1, 0.15) is 12.1 Å². The maximum atomic E-state index is 12.8. The lowest BCUT2D eigenvalue weighted by Crippen LogP contribution is -2.53. The molecule has 2 atom stereocenters. The zero-order valence-electron chi connectivity index (χ0n) is 16.2. The number of carbonyl (C=O) groups is 4. The van der Waals surface area contributed by atoms with Gasteiger partial charge in [-0.25, -0.2) is 4.79 Å². The number of amides is 2. The zero-order chi connectivity index (χ0) is 21.6. The molecule has 0 heterocycles. The van der Waals surface area contributed by atoms with Crippen LogP contribution >= 0.6 is 11.6 Å². The summed E-state index contributed by atoms with van der Waals surface area (Å²) >= 11 is 5.85. The lowest BCUT2D eigenvalue weighted by atomic mass is 9.83. The minimum Gasteiger partial charge on any atom is -0.481 e. The Bertz CT molecular complexity index is 753. The largest absolute Gasteiger partial charge is 0.481 e. The van der Waals surface area contributed by atoms with E-state index in [0.29, 0.717) is 15.9 Å². The Labute approximate surface area is 163 Å². The van der Waals surface area contributed by atoms with Crippen molar-refractivity contribution in [2.24, 2.45) is 0 Å². The molecule has 0 unspecified atom stereocenters. The number of carboxylic acids is 2. The van der Waals surface area contributed by atoms with Gasteiger partial charge in [-0.2, -0.15) is 0 Å². The summed E-state index contributed by atoms with van der Waals surface area (Å²) in [5.74, 6) is -4.13. The molecule has 27 heavy (non-hydrogen) atoms. The Morgan fingerprint density at radius 1 is 1.19 bits per heavy atom. The predicted octanol–water partition coefficient (Wildman–Crippen LogP) is 1.56. The number of carbonyl (C=O) groups excluding carboxylic acids is 2. The van der Waals surface area contributed by atoms with Gasteiger partial charge in [0, 0.05) is 11.4 Å². The van der Waals surface area contributed by atoms with Crippen LogP contribution in [0.15, 0.2) is 24.3 Å². The molecule has 4 N–H and O–H groups in total. The van der Waals surface area contributed by atoms with Crippen molar-refractivity contribution >= 4 is 35.4 Å². The smallest absolute Gasteiger partial charge is 0.326 e. The fraction of sp³-hybridized carbons (Fsp3) is 0.444. The minimum absolute atomic E-state index is 0.314. The molecule has 1 aromatic carbocycles. The summed E-state index contributed by atoms with van der Waals surface area (Å²) in [6, 6.07) is 3.78. The molecule has 0 fully saturated rings. The molecule has 0 saturated carbocycles. The Morgan fingerprint density at radius 3 is 2.22 bits per heavy atom. The second-order valence-corrected chi connectivity index (χ2v) is 7.01. The van der Waals surface area contributed by atoms with Gasteiger partial charge < -0.3 is 20.8 Å². The van der Waals surface area contributed by atoms with E-state index >= 15 is 0 Å². The number of aliphatic carboxylic acids is 2. The maximum absolute atomic E-state index is 12.8. The van der Waals surface area contributed by atoms with Gasteiger partial charge >= 0.3 is 11.9 Å². The van der Waals surface area contributed by atoms with Crippen molar-refractivity contribution in [3.63, 3.8) is 0 Å². The summed E-state index contributed by atoms with van der Waals surface area (Å²) in [5.41, 5.74) is -0.534. The highest BCUT2D eigenvalue weighted by Crippen LogP contribution is 2.25. The van der Waals surface area contributed by atoms with Crippen molar-refractivity contribution in [3.8, 4) is 0 Å². The summed E-state index contributed by atoms with van der Waals surface area (Å²) < 4.78 is 8.04. The molecule has 0 aliphatic carbocycles. The molecule has 0 radical (unpaired) electrons. The summed E-state index contributed by atoms with van der Waals surface area (Å²) in [6.45, 7) is 4.48. The third-order valence-corrected chi connectivity index (χ3v) is 4.30. The van der Waals surface area contributed by atoms with Gasteiger partial charge in [-0.3, -0.25) is 14.4 Å². The average Bonchev–Trinajstić information content (AvgIpc) is 2.62. The monoisotopic (exact) mass is 399 g/mol. The first-order valence-corrected chi connectivity index (χ1v) is 8.59. The number of benzene rings is 1. The number of hydrogen-bond donors (Lipinski definition) is 4. The van der Waals surface area contributed by atoms with Crippen LogP contribution in [0.25, 0.3) is 0 Å². The molecule has 0 bridgehead atoms. The van der Waals surface area contributed by atoms with Gasteiger partial charge in [-0.05, 0) is 44.9 Å². The Balaban J connectivity index is 2.88. The van der Waals surface area contributed by atoms with E-state index in [1.54, 1.807) is 38.1 Å². The topological polar surface area (TPSA) is 133 Å². The summed E-state index contributed by atoms with van der Waals surface area (Å²) in [5, 5.41) is 20.9. The fourth-order valence-corrected chi connectivity index (χ4v) is 2.33. The standard InChI is InChI=1S/C18H23ClN2O6/c1-10(15(24)21-13(16(25)26)8-9-14(22)23)20-17(27)18(2,3)11-4-6-12(19)7-5-11/h4-7,10,13H,8-9H2,1-3H3,(H,20,27)(H,21,24)(H,22,23)(H,25,26)/t10-,13-/m0/s1/i/hD. The molecule has 148 valence electrons. The molecule has 2 amide bonds. The van der Waals surface area contributed by atoms with Crippen LogP contribution in [0, 0.1) is 0 Å². The van der Waals surface area contributed by atoms with Crippen LogP contribution in [-0.2, 0) is 24.6 Å². The third-order valence-electron chi connectivity index (χ3n) is 4.05. The van der Waals surface area contributed by atoms with Gasteiger partial charge in [0.05, 0.1) is 5.41 Å². The predicted molar refractivity (Wildman–Crippen MR) is 98.5 cm³/mol. The number of halogens is 1. The van der Waals surface area contributed by atoms with E-state index in [4.69, 9.17) is 23.2 Å². The number of hydrogen-bond acceptors (Lipinski definition) is 4. The number of rotatable bonds is 9. The van der Waals surface area contributed by atoms with E-state index in [2.05, 4.69) is 5.32 Å². The zero-order valence-corrected chi connectivity index (χ0v) is 16.0. The molecule has 0 spiro atoms. The van der Waals surface area contributed by atoms with E-state index in [-0.39, 0.29) is 6.42 Å². The molecular weight excluding hydrogens is 376 g/mol. The molecule has 0 aliphatic rings. The highest BCUT2D eigenvalue weighted by atomic mass is 35.5. The second-order valence-electron chi connectivity index (χ2n) is 6.57. The minimum atomic E-state index is -1.43. The third kappa shape index (κ3) is 6.56. The van der Waals surface area contributed by atoms with Gasteiger partial charge in [-0.1, -0.05) is 23.7 Å². The molecule has 0 aromatic heterocycles. The summed E-state index contributed by atoms with van der Waals surface area (Å²) in [4.78, 5) is 46.9. The van der Waals surface area contributed by atoms with Crippen LogP contribution in [-0.4, -0.2) is 46.0 Å². The first-order valence-electron chi connectivity index (χ1n) is 8.66. The van der Waals surface area contributed by atoms with Gasteiger partial charge in [0.25, 0.3) is 0 Å². The van der Waals surface area contributed by atoms with Crippen molar-refractivity contribution in [1.82, 2.24) is 10.6 Å².